The topological polar surface area (TPSA) is 47.6 Å². The van der Waals surface area contributed by atoms with Gasteiger partial charge in [-0.25, -0.2) is 0 Å². The summed E-state index contributed by atoms with van der Waals surface area (Å²) in [6.07, 6.45) is 0.916. The molecule has 3 aromatic rings. The maximum Gasteiger partial charge on any atom is 0.120 e. The molecule has 0 bridgehead atoms. The Morgan fingerprint density at radius 2 is 1.76 bits per heavy atom. The summed E-state index contributed by atoms with van der Waals surface area (Å²) >= 11 is 0. The number of aryl methyl sites for hydroxylation is 1. The van der Waals surface area contributed by atoms with Crippen molar-refractivity contribution in [1.82, 2.24) is 0 Å². The van der Waals surface area contributed by atoms with Crippen molar-refractivity contribution in [3.63, 3.8) is 0 Å². The van der Waals surface area contributed by atoms with Crippen LogP contribution in [-0.2, 0) is 13.0 Å². The predicted octanol–water partition coefficient (Wildman–Crippen LogP) is 5.41. The van der Waals surface area contributed by atoms with Gasteiger partial charge in [0, 0.05) is 11.3 Å². The zero-order chi connectivity index (χ0) is 17.6. The van der Waals surface area contributed by atoms with E-state index in [1.165, 1.54) is 5.56 Å². The number of hydrogen-bond acceptors (Lipinski definition) is 3. The van der Waals surface area contributed by atoms with Crippen LogP contribution in [0.1, 0.15) is 18.1 Å². The molecule has 0 aromatic heterocycles. The molecule has 25 heavy (non-hydrogen) atoms. The third kappa shape index (κ3) is 3.89. The molecule has 0 atom stereocenters. The van der Waals surface area contributed by atoms with Crippen LogP contribution in [0.15, 0.2) is 71.7 Å². The summed E-state index contributed by atoms with van der Waals surface area (Å²) in [6.45, 7) is 6.32. The number of nitrogens with zero attached hydrogens (tertiary/aromatic N) is 1. The number of hydrogen-bond donors (Lipinski definition) is 1. The van der Waals surface area contributed by atoms with Gasteiger partial charge in [-0.05, 0) is 54.1 Å². The third-order valence-electron chi connectivity index (χ3n) is 4.16. The van der Waals surface area contributed by atoms with E-state index in [1.54, 1.807) is 0 Å². The van der Waals surface area contributed by atoms with Crippen molar-refractivity contribution < 1.29 is 4.74 Å². The lowest BCUT2D eigenvalue weighted by atomic mass is 9.98. The summed E-state index contributed by atoms with van der Waals surface area (Å²) < 4.78 is 6.02. The zero-order valence-electron chi connectivity index (χ0n) is 14.4. The van der Waals surface area contributed by atoms with Gasteiger partial charge in [0.1, 0.15) is 12.4 Å². The fraction of sp³-hybridized carbons (Fsp3) is 0.136. The molecule has 2 N–H and O–H groups in total. The van der Waals surface area contributed by atoms with Crippen LogP contribution in [0.3, 0.4) is 0 Å². The van der Waals surface area contributed by atoms with E-state index in [0.29, 0.717) is 12.3 Å². The van der Waals surface area contributed by atoms with E-state index >= 15 is 0 Å². The molecule has 0 aliphatic heterocycles. The van der Waals surface area contributed by atoms with Crippen molar-refractivity contribution in [2.24, 2.45) is 4.99 Å². The van der Waals surface area contributed by atoms with Crippen molar-refractivity contribution in [2.75, 3.05) is 5.73 Å². The molecule has 3 rings (SSSR count). The third-order valence-corrected chi connectivity index (χ3v) is 4.16. The first-order valence-electron chi connectivity index (χ1n) is 8.37. The van der Waals surface area contributed by atoms with E-state index in [-0.39, 0.29) is 0 Å². The van der Waals surface area contributed by atoms with Crippen molar-refractivity contribution in [1.29, 1.82) is 0 Å². The van der Waals surface area contributed by atoms with E-state index in [2.05, 4.69) is 42.9 Å². The van der Waals surface area contributed by atoms with Crippen LogP contribution in [0.4, 0.5) is 11.4 Å². The van der Waals surface area contributed by atoms with Gasteiger partial charge in [-0.1, -0.05) is 49.4 Å². The van der Waals surface area contributed by atoms with Gasteiger partial charge in [0.15, 0.2) is 0 Å². The Balaban J connectivity index is 1.97. The number of benzene rings is 3. The molecular weight excluding hydrogens is 308 g/mol. The van der Waals surface area contributed by atoms with Gasteiger partial charge in [-0.2, -0.15) is 0 Å². The Labute approximate surface area is 148 Å². The Morgan fingerprint density at radius 3 is 2.48 bits per heavy atom. The highest BCUT2D eigenvalue weighted by atomic mass is 16.5. The molecule has 0 unspecified atom stereocenters. The molecule has 3 heteroatoms. The van der Waals surface area contributed by atoms with Gasteiger partial charge in [0.2, 0.25) is 0 Å². The number of rotatable bonds is 6. The highest BCUT2D eigenvalue weighted by molar-refractivity contribution is 5.87. The Morgan fingerprint density at radius 1 is 0.960 bits per heavy atom. The lowest BCUT2D eigenvalue weighted by Gasteiger charge is -2.14. The average molecular weight is 330 g/mol. The predicted molar refractivity (Wildman–Crippen MR) is 106 cm³/mol. The van der Waals surface area contributed by atoms with Crippen LogP contribution in [0.5, 0.6) is 5.75 Å². The first-order valence-corrected chi connectivity index (χ1v) is 8.37. The number of ether oxygens (including phenoxy) is 1. The van der Waals surface area contributed by atoms with E-state index in [0.717, 1.165) is 34.5 Å². The Hall–Kier alpha value is -3.07. The first-order chi connectivity index (χ1) is 12.2. The number of nitrogens with two attached hydrogens (primary N) is 1. The van der Waals surface area contributed by atoms with Gasteiger partial charge < -0.3 is 10.5 Å². The fourth-order valence-corrected chi connectivity index (χ4v) is 2.84. The summed E-state index contributed by atoms with van der Waals surface area (Å²) in [5, 5.41) is 0. The minimum atomic E-state index is 0.532. The van der Waals surface area contributed by atoms with Crippen LogP contribution < -0.4 is 10.5 Å². The standard InChI is InChI=1S/C22H22N2O/c1-3-16-12-18(22-20(23)10-7-11-21(22)24-2)14-19(13-16)25-15-17-8-5-4-6-9-17/h4-14H,2-3,15,23H2,1H3. The minimum Gasteiger partial charge on any atom is -0.489 e. The highest BCUT2D eigenvalue weighted by Crippen LogP contribution is 2.37. The van der Waals surface area contributed by atoms with Gasteiger partial charge in [-0.3, -0.25) is 4.99 Å². The summed E-state index contributed by atoms with van der Waals surface area (Å²) in [4.78, 5) is 4.12. The van der Waals surface area contributed by atoms with E-state index in [4.69, 9.17) is 10.5 Å². The maximum absolute atomic E-state index is 6.21. The summed E-state index contributed by atoms with van der Waals surface area (Å²) in [5.41, 5.74) is 11.9. The fourth-order valence-electron chi connectivity index (χ4n) is 2.84. The SMILES string of the molecule is C=Nc1cccc(N)c1-c1cc(CC)cc(OCc2ccccc2)c1. The lowest BCUT2D eigenvalue weighted by molar-refractivity contribution is 0.306. The van der Waals surface area contributed by atoms with Crippen LogP contribution in [0.25, 0.3) is 11.1 Å². The zero-order valence-corrected chi connectivity index (χ0v) is 14.4. The molecule has 3 aromatic carbocycles. The van der Waals surface area contributed by atoms with Crippen molar-refractivity contribution in [3.8, 4) is 16.9 Å². The van der Waals surface area contributed by atoms with Crippen molar-refractivity contribution >= 4 is 18.1 Å². The van der Waals surface area contributed by atoms with Crippen LogP contribution in [0.2, 0.25) is 0 Å². The van der Waals surface area contributed by atoms with Crippen LogP contribution in [0, 0.1) is 0 Å². The molecule has 0 spiro atoms. The molecule has 0 radical (unpaired) electrons. The van der Waals surface area contributed by atoms with E-state index in [9.17, 15) is 0 Å². The molecule has 0 fully saturated rings. The molecule has 0 aliphatic rings. The van der Waals surface area contributed by atoms with Gasteiger partial charge in [0.05, 0.1) is 5.69 Å². The first kappa shape index (κ1) is 16.8. The Bertz CT molecular complexity index is 872. The monoisotopic (exact) mass is 330 g/mol. The molecule has 126 valence electrons. The van der Waals surface area contributed by atoms with Crippen LogP contribution >= 0.6 is 0 Å². The minimum absolute atomic E-state index is 0.532. The molecule has 3 nitrogen and oxygen atoms in total. The quantitative estimate of drug-likeness (QED) is 0.485. The van der Waals surface area contributed by atoms with E-state index in [1.807, 2.05) is 42.5 Å². The van der Waals surface area contributed by atoms with Crippen LogP contribution in [-0.4, -0.2) is 6.72 Å². The average Bonchev–Trinajstić information content (AvgIpc) is 2.66. The molecule has 0 aliphatic carbocycles. The summed E-state index contributed by atoms with van der Waals surface area (Å²) in [6, 6.07) is 22.1. The highest BCUT2D eigenvalue weighted by Gasteiger charge is 2.11. The second kappa shape index (κ2) is 7.67. The Kier molecular flexibility index (Phi) is 5.14. The molecular formula is C22H22N2O. The largest absolute Gasteiger partial charge is 0.489 e. The smallest absolute Gasteiger partial charge is 0.120 e. The van der Waals surface area contributed by atoms with Gasteiger partial charge >= 0.3 is 0 Å². The molecule has 0 saturated heterocycles. The maximum atomic E-state index is 6.21. The normalized spacial score (nSPS) is 10.4. The molecule has 0 heterocycles. The lowest BCUT2D eigenvalue weighted by Crippen LogP contribution is -1.97. The number of aliphatic imine (C=N–C) groups is 1. The molecule has 0 saturated carbocycles. The number of nitrogen functional groups attached to an aromatic ring is 1. The van der Waals surface area contributed by atoms with Gasteiger partial charge in [-0.15, -0.1) is 0 Å². The summed E-state index contributed by atoms with van der Waals surface area (Å²) in [7, 11) is 0. The second-order valence-corrected chi connectivity index (χ2v) is 5.89. The summed E-state index contributed by atoms with van der Waals surface area (Å²) in [5.74, 6) is 0.830. The number of anilines is 1. The van der Waals surface area contributed by atoms with Crippen molar-refractivity contribution in [2.45, 2.75) is 20.0 Å². The van der Waals surface area contributed by atoms with E-state index < -0.39 is 0 Å². The van der Waals surface area contributed by atoms with Crippen molar-refractivity contribution in [3.05, 3.63) is 77.9 Å². The van der Waals surface area contributed by atoms with Gasteiger partial charge in [0.25, 0.3) is 0 Å². The second-order valence-electron chi connectivity index (χ2n) is 5.89. The molecule has 0 amide bonds.